The summed E-state index contributed by atoms with van der Waals surface area (Å²) in [6, 6.07) is 11.0. The molecular weight excluding hydrogens is 567 g/mol. The Morgan fingerprint density at radius 1 is 1.14 bits per heavy atom. The Hall–Kier alpha value is -4.22. The molecule has 10 nitrogen and oxygen atoms in total. The molecule has 2 aromatic heterocycles. The van der Waals surface area contributed by atoms with E-state index in [0.29, 0.717) is 35.8 Å². The summed E-state index contributed by atoms with van der Waals surface area (Å²) in [5.74, 6) is -0.249. The molecule has 2 fully saturated rings. The van der Waals surface area contributed by atoms with Gasteiger partial charge in [-0.2, -0.15) is 0 Å². The molecule has 0 saturated carbocycles. The van der Waals surface area contributed by atoms with Crippen molar-refractivity contribution in [3.8, 4) is 23.1 Å². The van der Waals surface area contributed by atoms with E-state index in [9.17, 15) is 14.3 Å². The van der Waals surface area contributed by atoms with Crippen molar-refractivity contribution in [1.82, 2.24) is 19.4 Å². The van der Waals surface area contributed by atoms with Gasteiger partial charge in [0.15, 0.2) is 11.5 Å². The molecule has 0 aliphatic carbocycles. The number of benzene rings is 2. The zero-order chi connectivity index (χ0) is 30.6. The highest BCUT2D eigenvalue weighted by molar-refractivity contribution is 5.84. The number of para-hydroxylation sites is 1. The van der Waals surface area contributed by atoms with E-state index in [2.05, 4.69) is 20.5 Å². The highest BCUT2D eigenvalue weighted by atomic mass is 19.1. The van der Waals surface area contributed by atoms with E-state index >= 15 is 0 Å². The largest absolute Gasteiger partial charge is 0.475 e. The Balaban J connectivity index is 1.08. The second-order valence-electron chi connectivity index (χ2n) is 12.0. The molecule has 0 spiro atoms. The van der Waals surface area contributed by atoms with Gasteiger partial charge in [-0.05, 0) is 75.9 Å². The van der Waals surface area contributed by atoms with E-state index in [1.54, 1.807) is 13.0 Å². The molecule has 5 heterocycles. The van der Waals surface area contributed by atoms with Crippen LogP contribution in [-0.2, 0) is 23.6 Å². The summed E-state index contributed by atoms with van der Waals surface area (Å²) >= 11 is 0. The van der Waals surface area contributed by atoms with E-state index in [0.717, 1.165) is 61.6 Å². The predicted molar refractivity (Wildman–Crippen MR) is 157 cm³/mol. The van der Waals surface area contributed by atoms with Crippen LogP contribution >= 0.6 is 0 Å². The van der Waals surface area contributed by atoms with Gasteiger partial charge in [0.1, 0.15) is 17.3 Å². The summed E-state index contributed by atoms with van der Waals surface area (Å²) in [6.45, 7) is 9.17. The normalized spacial score (nSPS) is 21.9. The minimum atomic E-state index is -1.23. The number of aryl methyl sites for hydroxylation is 2. The Morgan fingerprint density at radius 2 is 1.93 bits per heavy atom. The van der Waals surface area contributed by atoms with Crippen molar-refractivity contribution >= 4 is 5.97 Å². The molecular formula is C33H35FN4O6. The van der Waals surface area contributed by atoms with Crippen LogP contribution in [0.4, 0.5) is 4.39 Å². The molecule has 0 radical (unpaired) electrons. The van der Waals surface area contributed by atoms with Crippen molar-refractivity contribution in [3.05, 3.63) is 82.4 Å². The molecule has 0 bridgehead atoms. The van der Waals surface area contributed by atoms with Crippen LogP contribution in [0.3, 0.4) is 0 Å². The zero-order valence-corrected chi connectivity index (χ0v) is 25.0. The monoisotopic (exact) mass is 602 g/mol. The molecule has 2 unspecified atom stereocenters. The zero-order valence-electron chi connectivity index (χ0n) is 25.0. The van der Waals surface area contributed by atoms with Crippen LogP contribution in [0.15, 0.2) is 47.0 Å². The van der Waals surface area contributed by atoms with Gasteiger partial charge in [-0.1, -0.05) is 18.2 Å². The maximum Gasteiger partial charge on any atom is 0.373 e. The number of oxazole rings is 1. The summed E-state index contributed by atoms with van der Waals surface area (Å²) in [5.41, 5.74) is 3.72. The number of rotatable bonds is 8. The summed E-state index contributed by atoms with van der Waals surface area (Å²) in [5, 5.41) is 9.34. The predicted octanol–water partition coefficient (Wildman–Crippen LogP) is 5.80. The summed E-state index contributed by atoms with van der Waals surface area (Å²) in [4.78, 5) is 22.9. The molecule has 7 rings (SSSR count). The molecule has 2 atom stereocenters. The standard InChI is InChI=1S/C33H35FN4O6/c1-19-7-8-24(25(34)15-19)33(3)43-26-6-4-5-23(30(26)44-33)21-9-12-37(13-10-21)18-28-36-20(2)29(38(28)17-22-11-14-41-22)31-35-16-27(42-31)32(39)40/h4-8,15-16,21-22H,9-14,17-18H2,1-3H3,(H,39,40). The molecule has 230 valence electrons. The number of imidazole rings is 1. The van der Waals surface area contributed by atoms with E-state index in [1.807, 2.05) is 32.0 Å². The molecule has 1 N–H and O–H groups in total. The van der Waals surface area contributed by atoms with Crippen LogP contribution in [0.2, 0.25) is 0 Å². The number of likely N-dealkylation sites (tertiary alicyclic amines) is 1. The first-order chi connectivity index (χ1) is 21.2. The number of piperidine rings is 1. The van der Waals surface area contributed by atoms with Crippen LogP contribution in [0, 0.1) is 19.7 Å². The molecule has 11 heteroatoms. The highest BCUT2D eigenvalue weighted by Crippen LogP contribution is 2.49. The van der Waals surface area contributed by atoms with Crippen LogP contribution < -0.4 is 9.47 Å². The van der Waals surface area contributed by atoms with E-state index in [1.165, 1.54) is 12.3 Å². The quantitative estimate of drug-likeness (QED) is 0.267. The number of carboxylic acid groups (broad SMARTS) is 1. The number of aromatic nitrogens is 3. The van der Waals surface area contributed by atoms with Crippen LogP contribution in [0.5, 0.6) is 11.5 Å². The van der Waals surface area contributed by atoms with Crippen molar-refractivity contribution in [2.24, 2.45) is 0 Å². The lowest BCUT2D eigenvalue weighted by atomic mass is 9.88. The molecule has 2 aromatic carbocycles. The summed E-state index contributed by atoms with van der Waals surface area (Å²) in [7, 11) is 0. The second-order valence-corrected chi connectivity index (χ2v) is 12.0. The fraction of sp³-hybridized carbons (Fsp3) is 0.424. The van der Waals surface area contributed by atoms with Gasteiger partial charge in [-0.3, -0.25) is 4.90 Å². The maximum atomic E-state index is 14.9. The molecule has 44 heavy (non-hydrogen) atoms. The topological polar surface area (TPSA) is 112 Å². The Morgan fingerprint density at radius 3 is 2.61 bits per heavy atom. The fourth-order valence-electron chi connectivity index (χ4n) is 6.50. The van der Waals surface area contributed by atoms with Crippen molar-refractivity contribution in [3.63, 3.8) is 0 Å². The lowest BCUT2D eigenvalue weighted by molar-refractivity contribution is -0.0712. The van der Waals surface area contributed by atoms with Crippen LogP contribution in [0.1, 0.15) is 70.9 Å². The lowest BCUT2D eigenvalue weighted by Crippen LogP contribution is -2.35. The van der Waals surface area contributed by atoms with Gasteiger partial charge in [0, 0.05) is 19.1 Å². The number of fused-ring (bicyclic) bond motifs is 1. The fourth-order valence-corrected chi connectivity index (χ4v) is 6.50. The minimum absolute atomic E-state index is 0.0715. The van der Waals surface area contributed by atoms with Crippen molar-refractivity contribution in [1.29, 1.82) is 0 Å². The van der Waals surface area contributed by atoms with E-state index in [-0.39, 0.29) is 29.5 Å². The Kier molecular flexibility index (Phi) is 7.17. The number of halogens is 1. The van der Waals surface area contributed by atoms with Crippen LogP contribution in [0.25, 0.3) is 11.6 Å². The number of nitrogens with zero attached hydrogens (tertiary/aromatic N) is 4. The molecule has 0 amide bonds. The smallest absolute Gasteiger partial charge is 0.373 e. The SMILES string of the molecule is Cc1ccc(C2(C)Oc3cccc(C4CCN(Cc5nc(C)c(-c6ncc(C(=O)O)o6)n5CC5CCO5)CC4)c3O2)c(F)c1. The van der Waals surface area contributed by atoms with E-state index < -0.39 is 11.8 Å². The third kappa shape index (κ3) is 5.13. The van der Waals surface area contributed by atoms with Crippen molar-refractivity contribution in [2.75, 3.05) is 19.7 Å². The molecule has 4 aromatic rings. The van der Waals surface area contributed by atoms with Gasteiger partial charge in [0.25, 0.3) is 5.79 Å². The number of carboxylic acids is 1. The molecule has 3 aliphatic heterocycles. The van der Waals surface area contributed by atoms with Gasteiger partial charge in [-0.15, -0.1) is 0 Å². The molecule has 3 aliphatic rings. The van der Waals surface area contributed by atoms with Crippen molar-refractivity contribution in [2.45, 2.75) is 70.9 Å². The number of hydrogen-bond donors (Lipinski definition) is 1. The Bertz CT molecular complexity index is 1720. The number of carbonyl (C=O) groups is 1. The average molecular weight is 603 g/mol. The van der Waals surface area contributed by atoms with E-state index in [4.69, 9.17) is 23.6 Å². The third-order valence-electron chi connectivity index (χ3n) is 8.94. The van der Waals surface area contributed by atoms with Crippen LogP contribution in [-0.4, -0.2) is 56.3 Å². The minimum Gasteiger partial charge on any atom is -0.475 e. The van der Waals surface area contributed by atoms with Gasteiger partial charge >= 0.3 is 5.97 Å². The first-order valence-corrected chi connectivity index (χ1v) is 15.1. The van der Waals surface area contributed by atoms with Gasteiger partial charge < -0.3 is 28.3 Å². The summed E-state index contributed by atoms with van der Waals surface area (Å²) in [6.07, 6.45) is 4.08. The Labute approximate surface area is 254 Å². The third-order valence-corrected chi connectivity index (χ3v) is 8.94. The van der Waals surface area contributed by atoms with Gasteiger partial charge in [-0.25, -0.2) is 19.2 Å². The summed E-state index contributed by atoms with van der Waals surface area (Å²) < 4.78 is 40.9. The average Bonchev–Trinajstić information content (AvgIpc) is 3.66. The number of ether oxygens (including phenoxy) is 3. The number of aromatic carboxylic acids is 1. The first-order valence-electron chi connectivity index (χ1n) is 15.1. The lowest BCUT2D eigenvalue weighted by Gasteiger charge is -2.33. The van der Waals surface area contributed by atoms with Gasteiger partial charge in [0.05, 0.1) is 36.6 Å². The van der Waals surface area contributed by atoms with Gasteiger partial charge in [0.2, 0.25) is 11.7 Å². The maximum absolute atomic E-state index is 14.9. The molecule has 2 saturated heterocycles. The first kappa shape index (κ1) is 28.5. The highest BCUT2D eigenvalue weighted by Gasteiger charge is 2.43. The van der Waals surface area contributed by atoms with Crippen molar-refractivity contribution < 1.29 is 32.9 Å². The number of hydrogen-bond acceptors (Lipinski definition) is 8. The second kappa shape index (κ2) is 11.0.